The van der Waals surface area contributed by atoms with Gasteiger partial charge in [-0.3, -0.25) is 19.8 Å². The van der Waals surface area contributed by atoms with Gasteiger partial charge in [0.1, 0.15) is 5.69 Å². The summed E-state index contributed by atoms with van der Waals surface area (Å²) in [5, 5.41) is 14.1. The van der Waals surface area contributed by atoms with E-state index < -0.39 is 4.92 Å². The molecule has 1 aliphatic heterocycles. The summed E-state index contributed by atoms with van der Waals surface area (Å²) in [6.07, 6.45) is 3.70. The normalized spacial score (nSPS) is 14.1. The van der Waals surface area contributed by atoms with Crippen molar-refractivity contribution in [3.63, 3.8) is 0 Å². The van der Waals surface area contributed by atoms with E-state index in [0.29, 0.717) is 6.54 Å². The summed E-state index contributed by atoms with van der Waals surface area (Å²) >= 11 is 0. The number of hydrogen-bond acceptors (Lipinski definition) is 5. The topological polar surface area (TPSA) is 78.7 Å². The van der Waals surface area contributed by atoms with Crippen molar-refractivity contribution >= 4 is 23.0 Å². The van der Waals surface area contributed by atoms with Crippen LogP contribution in [0, 0.1) is 24.0 Å². The van der Waals surface area contributed by atoms with Gasteiger partial charge in [-0.2, -0.15) is 0 Å². The number of rotatable bonds is 7. The van der Waals surface area contributed by atoms with E-state index in [9.17, 15) is 14.9 Å². The van der Waals surface area contributed by atoms with Crippen LogP contribution in [0.1, 0.15) is 36.0 Å². The van der Waals surface area contributed by atoms with Gasteiger partial charge < -0.3 is 10.2 Å². The van der Waals surface area contributed by atoms with Gasteiger partial charge in [0, 0.05) is 31.4 Å². The van der Waals surface area contributed by atoms with Crippen LogP contribution in [-0.2, 0) is 11.3 Å². The predicted octanol–water partition coefficient (Wildman–Crippen LogP) is 4.27. The highest BCUT2D eigenvalue weighted by molar-refractivity contribution is 5.95. The van der Waals surface area contributed by atoms with Crippen molar-refractivity contribution in [3.8, 4) is 0 Å². The molecule has 3 rings (SSSR count). The minimum absolute atomic E-state index is 0.0791. The third-order valence-corrected chi connectivity index (χ3v) is 5.72. The number of piperidine rings is 1. The number of nitrogens with one attached hydrogen (secondary N) is 1. The molecule has 1 N–H and O–H groups in total. The Morgan fingerprint density at radius 3 is 2.53 bits per heavy atom. The van der Waals surface area contributed by atoms with Crippen molar-refractivity contribution in [2.75, 3.05) is 36.9 Å². The van der Waals surface area contributed by atoms with Gasteiger partial charge in [0.25, 0.3) is 5.69 Å². The largest absolute Gasteiger partial charge is 0.371 e. The fraction of sp³-hybridized carbons (Fsp3) is 0.435. The Kier molecular flexibility index (Phi) is 7.05. The lowest BCUT2D eigenvalue weighted by atomic mass is 10.1. The van der Waals surface area contributed by atoms with Gasteiger partial charge >= 0.3 is 0 Å². The molecular formula is C23H30N4O3. The SMILES string of the molecule is Cc1ccc([N+](=O)[O-])c(NC(=O)CN(C)Cc2ccccc2N2CCCCC2)c1C. The Labute approximate surface area is 177 Å². The number of nitro benzene ring substituents is 1. The Balaban J connectivity index is 1.68. The maximum Gasteiger partial charge on any atom is 0.293 e. The van der Waals surface area contributed by atoms with E-state index in [-0.39, 0.29) is 23.8 Å². The second-order valence-corrected chi connectivity index (χ2v) is 8.06. The summed E-state index contributed by atoms with van der Waals surface area (Å²) in [5.41, 5.74) is 4.24. The number of para-hydroxylation sites is 1. The number of nitro groups is 1. The first kappa shape index (κ1) is 21.8. The number of hydrogen-bond donors (Lipinski definition) is 1. The Bertz CT molecular complexity index is 923. The molecule has 1 saturated heterocycles. The lowest BCUT2D eigenvalue weighted by Gasteiger charge is -2.31. The third-order valence-electron chi connectivity index (χ3n) is 5.72. The second-order valence-electron chi connectivity index (χ2n) is 8.06. The molecular weight excluding hydrogens is 380 g/mol. The molecule has 0 bridgehead atoms. The van der Waals surface area contributed by atoms with Crippen LogP contribution in [0.3, 0.4) is 0 Å². The number of likely N-dealkylation sites (N-methyl/N-ethyl adjacent to an activating group) is 1. The highest BCUT2D eigenvalue weighted by atomic mass is 16.6. The monoisotopic (exact) mass is 410 g/mol. The lowest BCUT2D eigenvalue weighted by molar-refractivity contribution is -0.384. The van der Waals surface area contributed by atoms with Crippen LogP contribution in [0.15, 0.2) is 36.4 Å². The molecule has 0 atom stereocenters. The fourth-order valence-corrected chi connectivity index (χ4v) is 3.97. The number of aryl methyl sites for hydroxylation is 1. The molecule has 1 heterocycles. The first-order valence-corrected chi connectivity index (χ1v) is 10.4. The van der Waals surface area contributed by atoms with Gasteiger partial charge in [0.05, 0.1) is 11.5 Å². The van der Waals surface area contributed by atoms with Crippen LogP contribution < -0.4 is 10.2 Å². The van der Waals surface area contributed by atoms with Crippen LogP contribution in [0.4, 0.5) is 17.1 Å². The first-order valence-electron chi connectivity index (χ1n) is 10.4. The highest BCUT2D eigenvalue weighted by Crippen LogP contribution is 2.30. The number of benzene rings is 2. The standard InChI is InChI=1S/C23H30N4O3/c1-17-11-12-21(27(29)30)23(18(17)2)24-22(28)16-25(3)15-19-9-5-6-10-20(19)26-13-7-4-8-14-26/h5-6,9-12H,4,7-8,13-16H2,1-3H3,(H,24,28). The fourth-order valence-electron chi connectivity index (χ4n) is 3.97. The van der Waals surface area contributed by atoms with Crippen molar-refractivity contribution < 1.29 is 9.72 Å². The number of carbonyl (C=O) groups is 1. The molecule has 0 aromatic heterocycles. The summed E-state index contributed by atoms with van der Waals surface area (Å²) in [5.74, 6) is -0.259. The zero-order valence-corrected chi connectivity index (χ0v) is 18.0. The van der Waals surface area contributed by atoms with Crippen LogP contribution in [-0.4, -0.2) is 42.4 Å². The Morgan fingerprint density at radius 1 is 1.13 bits per heavy atom. The number of carbonyl (C=O) groups excluding carboxylic acids is 1. The zero-order valence-electron chi connectivity index (χ0n) is 18.0. The molecule has 0 unspecified atom stereocenters. The molecule has 0 radical (unpaired) electrons. The zero-order chi connectivity index (χ0) is 21.7. The van der Waals surface area contributed by atoms with E-state index in [1.165, 1.54) is 36.6 Å². The van der Waals surface area contributed by atoms with Gasteiger partial charge in [-0.05, 0) is 62.9 Å². The maximum atomic E-state index is 12.7. The highest BCUT2D eigenvalue weighted by Gasteiger charge is 2.21. The predicted molar refractivity (Wildman–Crippen MR) is 120 cm³/mol. The van der Waals surface area contributed by atoms with Crippen molar-refractivity contribution in [3.05, 3.63) is 63.2 Å². The molecule has 30 heavy (non-hydrogen) atoms. The molecule has 1 aliphatic rings. The quantitative estimate of drug-likeness (QED) is 0.545. The van der Waals surface area contributed by atoms with Crippen LogP contribution in [0.2, 0.25) is 0 Å². The van der Waals surface area contributed by atoms with E-state index in [2.05, 4.69) is 28.4 Å². The van der Waals surface area contributed by atoms with Crippen molar-refractivity contribution in [2.24, 2.45) is 0 Å². The lowest BCUT2D eigenvalue weighted by Crippen LogP contribution is -2.33. The molecule has 7 nitrogen and oxygen atoms in total. The average molecular weight is 411 g/mol. The summed E-state index contributed by atoms with van der Waals surface area (Å²) in [6, 6.07) is 11.5. The van der Waals surface area contributed by atoms with Crippen LogP contribution >= 0.6 is 0 Å². The van der Waals surface area contributed by atoms with Crippen LogP contribution in [0.5, 0.6) is 0 Å². The summed E-state index contributed by atoms with van der Waals surface area (Å²) in [7, 11) is 1.89. The Hall–Kier alpha value is -2.93. The van der Waals surface area contributed by atoms with Gasteiger partial charge in [-0.15, -0.1) is 0 Å². The maximum absolute atomic E-state index is 12.7. The van der Waals surface area contributed by atoms with E-state index in [4.69, 9.17) is 0 Å². The molecule has 7 heteroatoms. The van der Waals surface area contributed by atoms with E-state index in [1.807, 2.05) is 24.9 Å². The summed E-state index contributed by atoms with van der Waals surface area (Å²) in [4.78, 5) is 27.9. The van der Waals surface area contributed by atoms with E-state index >= 15 is 0 Å². The molecule has 160 valence electrons. The van der Waals surface area contributed by atoms with Crippen LogP contribution in [0.25, 0.3) is 0 Å². The summed E-state index contributed by atoms with van der Waals surface area (Å²) in [6.45, 7) is 6.58. The van der Waals surface area contributed by atoms with Gasteiger partial charge in [0.2, 0.25) is 5.91 Å². The first-order chi connectivity index (χ1) is 14.4. The van der Waals surface area contributed by atoms with Gasteiger partial charge in [0.15, 0.2) is 0 Å². The minimum Gasteiger partial charge on any atom is -0.371 e. The molecule has 2 aromatic carbocycles. The van der Waals surface area contributed by atoms with Gasteiger partial charge in [-0.1, -0.05) is 24.3 Å². The van der Waals surface area contributed by atoms with Gasteiger partial charge in [-0.25, -0.2) is 0 Å². The minimum atomic E-state index is -0.458. The molecule has 0 saturated carbocycles. The Morgan fingerprint density at radius 2 is 1.83 bits per heavy atom. The second kappa shape index (κ2) is 9.71. The number of amides is 1. The number of nitrogens with zero attached hydrogens (tertiary/aromatic N) is 3. The molecule has 0 spiro atoms. The van der Waals surface area contributed by atoms with E-state index in [1.54, 1.807) is 13.0 Å². The molecule has 2 aromatic rings. The summed E-state index contributed by atoms with van der Waals surface area (Å²) < 4.78 is 0. The number of anilines is 2. The smallest absolute Gasteiger partial charge is 0.293 e. The van der Waals surface area contributed by atoms with Crippen molar-refractivity contribution in [2.45, 2.75) is 39.7 Å². The molecule has 1 amide bonds. The van der Waals surface area contributed by atoms with Crippen molar-refractivity contribution in [1.82, 2.24) is 4.90 Å². The van der Waals surface area contributed by atoms with Crippen molar-refractivity contribution in [1.29, 1.82) is 0 Å². The van der Waals surface area contributed by atoms with E-state index in [0.717, 1.165) is 24.2 Å². The average Bonchev–Trinajstić information content (AvgIpc) is 2.72. The molecule has 1 fully saturated rings. The third kappa shape index (κ3) is 5.16. The molecule has 0 aliphatic carbocycles.